The predicted octanol–water partition coefficient (Wildman–Crippen LogP) is 4.68. The van der Waals surface area contributed by atoms with E-state index in [0.717, 1.165) is 11.4 Å². The lowest BCUT2D eigenvalue weighted by atomic mass is 10.1. The van der Waals surface area contributed by atoms with Gasteiger partial charge in [-0.1, -0.05) is 30.3 Å². The number of carbonyl (C=O) groups is 1. The predicted molar refractivity (Wildman–Crippen MR) is 118 cm³/mol. The van der Waals surface area contributed by atoms with Gasteiger partial charge in [0.15, 0.2) is 0 Å². The van der Waals surface area contributed by atoms with E-state index in [2.05, 4.69) is 5.32 Å². The highest BCUT2D eigenvalue weighted by atomic mass is 19.1. The molecular formula is C24H24FN3O2. The van der Waals surface area contributed by atoms with Crippen molar-refractivity contribution in [2.75, 3.05) is 48.5 Å². The summed E-state index contributed by atoms with van der Waals surface area (Å²) in [6, 6.07) is 22.0. The van der Waals surface area contributed by atoms with E-state index in [1.165, 1.54) is 6.07 Å². The van der Waals surface area contributed by atoms with Gasteiger partial charge in [0.05, 0.1) is 30.2 Å². The third-order valence-corrected chi connectivity index (χ3v) is 5.21. The highest BCUT2D eigenvalue weighted by Gasteiger charge is 2.18. The SMILES string of the molecule is CN(c1ccccc1)c1ccccc1C(=O)Nc1ccc(N2CCOCC2)c(F)c1. The Morgan fingerprint density at radius 2 is 1.70 bits per heavy atom. The van der Waals surface area contributed by atoms with Crippen LogP contribution in [-0.4, -0.2) is 39.3 Å². The van der Waals surface area contributed by atoms with E-state index in [-0.39, 0.29) is 11.7 Å². The lowest BCUT2D eigenvalue weighted by molar-refractivity contribution is 0.102. The Balaban J connectivity index is 1.54. The lowest BCUT2D eigenvalue weighted by Crippen LogP contribution is -2.36. The van der Waals surface area contributed by atoms with Crippen LogP contribution in [0.4, 0.5) is 27.1 Å². The van der Waals surface area contributed by atoms with Gasteiger partial charge in [0, 0.05) is 31.5 Å². The Morgan fingerprint density at radius 3 is 2.43 bits per heavy atom. The third kappa shape index (κ3) is 4.28. The number of nitrogens with one attached hydrogen (secondary N) is 1. The first-order valence-corrected chi connectivity index (χ1v) is 9.95. The van der Waals surface area contributed by atoms with Crippen molar-refractivity contribution in [3.8, 4) is 0 Å². The molecule has 0 atom stereocenters. The van der Waals surface area contributed by atoms with Crippen LogP contribution in [0.2, 0.25) is 0 Å². The van der Waals surface area contributed by atoms with Gasteiger partial charge in [-0.2, -0.15) is 0 Å². The fourth-order valence-corrected chi connectivity index (χ4v) is 3.59. The van der Waals surface area contributed by atoms with Crippen LogP contribution in [0.25, 0.3) is 0 Å². The van der Waals surface area contributed by atoms with Crippen molar-refractivity contribution in [2.45, 2.75) is 0 Å². The fourth-order valence-electron chi connectivity index (χ4n) is 3.59. The molecule has 0 aliphatic carbocycles. The van der Waals surface area contributed by atoms with E-state index in [0.29, 0.717) is 43.2 Å². The van der Waals surface area contributed by atoms with Crippen molar-refractivity contribution >= 4 is 28.7 Å². The molecule has 0 bridgehead atoms. The zero-order chi connectivity index (χ0) is 20.9. The van der Waals surface area contributed by atoms with Crippen LogP contribution in [0.15, 0.2) is 72.8 Å². The number of rotatable bonds is 5. The summed E-state index contributed by atoms with van der Waals surface area (Å²) in [6.07, 6.45) is 0. The van der Waals surface area contributed by atoms with Crippen molar-refractivity contribution < 1.29 is 13.9 Å². The number of nitrogens with zero attached hydrogens (tertiary/aromatic N) is 2. The highest BCUT2D eigenvalue weighted by molar-refractivity contribution is 6.08. The maximum absolute atomic E-state index is 14.7. The van der Waals surface area contributed by atoms with Crippen LogP contribution >= 0.6 is 0 Å². The van der Waals surface area contributed by atoms with Gasteiger partial charge in [-0.05, 0) is 42.5 Å². The highest BCUT2D eigenvalue weighted by Crippen LogP contribution is 2.28. The summed E-state index contributed by atoms with van der Waals surface area (Å²) < 4.78 is 20.0. The molecule has 3 aromatic rings. The molecule has 0 spiro atoms. The number of hydrogen-bond donors (Lipinski definition) is 1. The lowest BCUT2D eigenvalue weighted by Gasteiger charge is -2.29. The van der Waals surface area contributed by atoms with Crippen molar-refractivity contribution in [3.63, 3.8) is 0 Å². The van der Waals surface area contributed by atoms with Gasteiger partial charge in [0.1, 0.15) is 5.82 Å². The fraction of sp³-hybridized carbons (Fsp3) is 0.208. The first-order chi connectivity index (χ1) is 14.6. The Bertz CT molecular complexity index is 1020. The normalized spacial score (nSPS) is 13.7. The van der Waals surface area contributed by atoms with E-state index in [9.17, 15) is 9.18 Å². The van der Waals surface area contributed by atoms with E-state index < -0.39 is 0 Å². The molecule has 1 N–H and O–H groups in total. The van der Waals surface area contributed by atoms with Gasteiger partial charge in [0.25, 0.3) is 5.91 Å². The number of ether oxygens (including phenoxy) is 1. The minimum Gasteiger partial charge on any atom is -0.378 e. The minimum absolute atomic E-state index is 0.285. The van der Waals surface area contributed by atoms with Gasteiger partial charge in [-0.25, -0.2) is 4.39 Å². The Labute approximate surface area is 175 Å². The molecule has 0 aromatic heterocycles. The van der Waals surface area contributed by atoms with E-state index in [4.69, 9.17) is 4.74 Å². The van der Waals surface area contributed by atoms with E-state index in [1.807, 2.05) is 65.4 Å². The molecule has 1 fully saturated rings. The molecule has 0 unspecified atom stereocenters. The third-order valence-electron chi connectivity index (χ3n) is 5.21. The molecule has 30 heavy (non-hydrogen) atoms. The van der Waals surface area contributed by atoms with Crippen LogP contribution in [-0.2, 0) is 4.74 Å². The summed E-state index contributed by atoms with van der Waals surface area (Å²) in [5.74, 6) is -0.642. The van der Waals surface area contributed by atoms with Crippen LogP contribution in [0.3, 0.4) is 0 Å². The van der Waals surface area contributed by atoms with Gasteiger partial charge >= 0.3 is 0 Å². The number of hydrogen-bond acceptors (Lipinski definition) is 4. The smallest absolute Gasteiger partial charge is 0.257 e. The number of morpholine rings is 1. The average Bonchev–Trinajstić information content (AvgIpc) is 2.80. The summed E-state index contributed by atoms with van der Waals surface area (Å²) in [5, 5.41) is 2.83. The molecule has 3 aromatic carbocycles. The van der Waals surface area contributed by atoms with Gasteiger partial charge in [0.2, 0.25) is 0 Å². The summed E-state index contributed by atoms with van der Waals surface area (Å²) in [5.41, 5.74) is 3.21. The standard InChI is InChI=1S/C24H24FN3O2/c1-27(19-7-3-2-4-8-19)22-10-6-5-9-20(22)24(29)26-18-11-12-23(21(25)17-18)28-13-15-30-16-14-28/h2-12,17H,13-16H2,1H3,(H,26,29). The zero-order valence-corrected chi connectivity index (χ0v) is 16.8. The van der Waals surface area contributed by atoms with Crippen molar-refractivity contribution in [3.05, 3.63) is 84.2 Å². The summed E-state index contributed by atoms with van der Waals surface area (Å²) in [7, 11) is 1.91. The van der Waals surface area contributed by atoms with Gasteiger partial charge in [-0.3, -0.25) is 4.79 Å². The number of halogens is 1. The molecule has 1 heterocycles. The molecule has 0 radical (unpaired) electrons. The Morgan fingerprint density at radius 1 is 1.00 bits per heavy atom. The quantitative estimate of drug-likeness (QED) is 0.669. The maximum Gasteiger partial charge on any atom is 0.257 e. The second kappa shape index (κ2) is 8.97. The monoisotopic (exact) mass is 405 g/mol. The summed E-state index contributed by atoms with van der Waals surface area (Å²) in [4.78, 5) is 16.9. The van der Waals surface area contributed by atoms with Crippen LogP contribution in [0.1, 0.15) is 10.4 Å². The number of para-hydroxylation sites is 2. The molecule has 1 amide bonds. The van der Waals surface area contributed by atoms with Crippen molar-refractivity contribution in [1.29, 1.82) is 0 Å². The van der Waals surface area contributed by atoms with Crippen molar-refractivity contribution in [2.24, 2.45) is 0 Å². The first-order valence-electron chi connectivity index (χ1n) is 9.95. The minimum atomic E-state index is -0.357. The number of benzene rings is 3. The largest absolute Gasteiger partial charge is 0.378 e. The number of anilines is 4. The maximum atomic E-state index is 14.7. The summed E-state index contributed by atoms with van der Waals surface area (Å²) >= 11 is 0. The molecule has 1 aliphatic heterocycles. The molecule has 0 saturated carbocycles. The molecule has 4 rings (SSSR count). The second-order valence-electron chi connectivity index (χ2n) is 7.13. The summed E-state index contributed by atoms with van der Waals surface area (Å²) in [6.45, 7) is 2.48. The Hall–Kier alpha value is -3.38. The molecular weight excluding hydrogens is 381 g/mol. The van der Waals surface area contributed by atoms with E-state index in [1.54, 1.807) is 18.2 Å². The van der Waals surface area contributed by atoms with E-state index >= 15 is 0 Å². The van der Waals surface area contributed by atoms with Crippen molar-refractivity contribution in [1.82, 2.24) is 0 Å². The molecule has 154 valence electrons. The topological polar surface area (TPSA) is 44.8 Å². The second-order valence-corrected chi connectivity index (χ2v) is 7.13. The zero-order valence-electron chi connectivity index (χ0n) is 16.8. The molecule has 1 saturated heterocycles. The van der Waals surface area contributed by atoms with Gasteiger partial charge in [-0.15, -0.1) is 0 Å². The Kier molecular flexibility index (Phi) is 5.95. The van der Waals surface area contributed by atoms with Crippen LogP contribution < -0.4 is 15.1 Å². The van der Waals surface area contributed by atoms with Crippen LogP contribution in [0.5, 0.6) is 0 Å². The van der Waals surface area contributed by atoms with Gasteiger partial charge < -0.3 is 19.9 Å². The number of amides is 1. The molecule has 1 aliphatic rings. The average molecular weight is 405 g/mol. The molecule has 5 nitrogen and oxygen atoms in total. The first kappa shape index (κ1) is 19.9. The molecule has 6 heteroatoms. The number of carbonyl (C=O) groups excluding carboxylic acids is 1. The van der Waals surface area contributed by atoms with Crippen LogP contribution in [0, 0.1) is 5.82 Å².